The number of ether oxygens (including phenoxy) is 1. The second-order valence-electron chi connectivity index (χ2n) is 14.5. The average molecular weight is 652 g/mol. The van der Waals surface area contributed by atoms with Gasteiger partial charge < -0.3 is 25.1 Å². The molecule has 0 radical (unpaired) electrons. The molecule has 2 amide bonds. The summed E-state index contributed by atoms with van der Waals surface area (Å²) in [6.45, 7) is 4.92. The van der Waals surface area contributed by atoms with Gasteiger partial charge in [-0.15, -0.1) is 0 Å². The van der Waals surface area contributed by atoms with Gasteiger partial charge in [0.1, 0.15) is 22.5 Å². The summed E-state index contributed by atoms with van der Waals surface area (Å²) in [5.41, 5.74) is 4.43. The van der Waals surface area contributed by atoms with Crippen molar-refractivity contribution >= 4 is 22.7 Å². The van der Waals surface area contributed by atoms with Crippen molar-refractivity contribution in [2.24, 2.45) is 23.0 Å². The summed E-state index contributed by atoms with van der Waals surface area (Å²) >= 11 is 0. The van der Waals surface area contributed by atoms with E-state index in [4.69, 9.17) is 19.9 Å². The number of hydrogen-bond acceptors (Lipinski definition) is 7. The molecule has 12 heteroatoms. The molecule has 5 aliphatic rings. The number of carbonyl (C=O) groups excluding carboxylic acids is 2. The molecule has 3 unspecified atom stereocenters. The van der Waals surface area contributed by atoms with E-state index in [1.165, 1.54) is 6.07 Å². The van der Waals surface area contributed by atoms with Crippen molar-refractivity contribution in [3.05, 3.63) is 41.4 Å². The number of benzene rings is 1. The fourth-order valence-corrected chi connectivity index (χ4v) is 9.14. The van der Waals surface area contributed by atoms with Crippen LogP contribution >= 0.6 is 0 Å². The van der Waals surface area contributed by atoms with Crippen LogP contribution in [0.4, 0.5) is 13.2 Å². The first-order valence-corrected chi connectivity index (χ1v) is 17.0. The Kier molecular flexibility index (Phi) is 6.79. The van der Waals surface area contributed by atoms with Gasteiger partial charge in [-0.1, -0.05) is 19.3 Å². The molecule has 4 saturated carbocycles. The van der Waals surface area contributed by atoms with Gasteiger partial charge >= 0.3 is 6.18 Å². The van der Waals surface area contributed by atoms with E-state index in [1.807, 2.05) is 4.90 Å². The topological polar surface area (TPSA) is 124 Å². The van der Waals surface area contributed by atoms with Crippen molar-refractivity contribution in [1.29, 1.82) is 0 Å². The molecule has 3 aromatic rings. The van der Waals surface area contributed by atoms with Gasteiger partial charge in [0.15, 0.2) is 11.5 Å². The Labute approximate surface area is 270 Å². The molecule has 250 valence electrons. The van der Waals surface area contributed by atoms with Gasteiger partial charge in [0.05, 0.1) is 11.6 Å². The molecule has 5 fully saturated rings. The predicted molar refractivity (Wildman–Crippen MR) is 166 cm³/mol. The van der Waals surface area contributed by atoms with Crippen LogP contribution in [-0.2, 0) is 16.5 Å². The number of hydrogen-bond donors (Lipinski definition) is 2. The standard InChI is InChI=1S/C35H40F3N5O4/c1-19(2)46-23-11-9-21(20-10-12-24(35(36,37)38)40-25(20)23)30-41-26(28(47-30)34(39)27-22-13-16-33(22,27)34)29(44)42-32(14-5-3-6-15-32)31(45)43-17-7-4-8-18-43/h9-12,19,22,27H,3-8,13-18,39H2,1-2H3,(H,42,44)/t22?,27-,33?,34?/m0/s1. The first-order valence-electron chi connectivity index (χ1n) is 17.0. The van der Waals surface area contributed by atoms with Crippen molar-refractivity contribution in [1.82, 2.24) is 20.2 Å². The van der Waals surface area contributed by atoms with Crippen LogP contribution < -0.4 is 15.8 Å². The Hall–Kier alpha value is -3.67. The summed E-state index contributed by atoms with van der Waals surface area (Å²) in [4.78, 5) is 38.9. The lowest BCUT2D eigenvalue weighted by atomic mass is 9.74. The number of piperidine rings is 1. The average Bonchev–Trinajstić information content (AvgIpc) is 3.65. The summed E-state index contributed by atoms with van der Waals surface area (Å²) in [5.74, 6) is 0.723. The molecule has 4 aliphatic carbocycles. The largest absolute Gasteiger partial charge is 0.489 e. The van der Waals surface area contributed by atoms with E-state index in [2.05, 4.69) is 10.3 Å². The Morgan fingerprint density at radius 2 is 1.74 bits per heavy atom. The van der Waals surface area contributed by atoms with Gasteiger partial charge in [-0.05, 0) is 94.9 Å². The van der Waals surface area contributed by atoms with E-state index in [-0.39, 0.29) is 52.0 Å². The summed E-state index contributed by atoms with van der Waals surface area (Å²) in [7, 11) is 0. The number of nitrogens with two attached hydrogens (primary N) is 1. The number of halogens is 3. The summed E-state index contributed by atoms with van der Waals surface area (Å²) in [6, 6.07) is 5.46. The number of rotatable bonds is 7. The van der Waals surface area contributed by atoms with E-state index in [9.17, 15) is 22.8 Å². The molecule has 3 heterocycles. The molecule has 9 nitrogen and oxygen atoms in total. The Bertz CT molecular complexity index is 1780. The predicted octanol–water partition coefficient (Wildman–Crippen LogP) is 6.33. The molecule has 47 heavy (non-hydrogen) atoms. The van der Waals surface area contributed by atoms with Crippen LogP contribution in [0.1, 0.15) is 100.0 Å². The van der Waals surface area contributed by atoms with E-state index < -0.39 is 28.9 Å². The molecular weight excluding hydrogens is 611 g/mol. The zero-order valence-electron chi connectivity index (χ0n) is 26.7. The number of likely N-dealkylation sites (tertiary alicyclic amines) is 1. The summed E-state index contributed by atoms with van der Waals surface area (Å²) in [5, 5.41) is 3.49. The number of nitrogens with zero attached hydrogens (tertiary/aromatic N) is 3. The summed E-state index contributed by atoms with van der Waals surface area (Å²) < 4.78 is 53.4. The molecule has 1 spiro atoms. The molecule has 4 atom stereocenters. The normalized spacial score (nSPS) is 29.1. The van der Waals surface area contributed by atoms with Crippen molar-refractivity contribution in [3.63, 3.8) is 0 Å². The van der Waals surface area contributed by atoms with Crippen molar-refractivity contribution in [3.8, 4) is 17.2 Å². The number of alkyl halides is 3. The minimum atomic E-state index is -4.65. The monoisotopic (exact) mass is 651 g/mol. The number of fused-ring (bicyclic) bond motifs is 2. The maximum absolute atomic E-state index is 14.3. The maximum atomic E-state index is 14.3. The molecule has 1 aliphatic heterocycles. The number of aromatic nitrogens is 2. The third-order valence-electron chi connectivity index (χ3n) is 11.6. The third-order valence-corrected chi connectivity index (χ3v) is 11.6. The molecule has 1 aromatic carbocycles. The van der Waals surface area contributed by atoms with Crippen LogP contribution in [0, 0.1) is 17.3 Å². The number of oxazole rings is 1. The maximum Gasteiger partial charge on any atom is 0.433 e. The zero-order chi connectivity index (χ0) is 32.9. The van der Waals surface area contributed by atoms with Crippen LogP contribution in [0.25, 0.3) is 22.4 Å². The van der Waals surface area contributed by atoms with Crippen molar-refractivity contribution in [2.75, 3.05) is 13.1 Å². The highest BCUT2D eigenvalue weighted by molar-refractivity contribution is 6.01. The lowest BCUT2D eigenvalue weighted by molar-refractivity contribution is -0.141. The van der Waals surface area contributed by atoms with Gasteiger partial charge in [-0.2, -0.15) is 13.2 Å². The lowest BCUT2D eigenvalue weighted by Gasteiger charge is -2.41. The van der Waals surface area contributed by atoms with Gasteiger partial charge in [0.2, 0.25) is 11.8 Å². The van der Waals surface area contributed by atoms with E-state index in [1.54, 1.807) is 26.0 Å². The SMILES string of the molecule is CC(C)Oc1ccc(-c2nc(C(=O)NC3(C(=O)N4CCCCC4)CCCCC3)c(C3(N)[C@H]4C5CCC543)o2)c2ccc(C(F)(F)F)nc12. The third kappa shape index (κ3) is 4.45. The van der Waals surface area contributed by atoms with E-state index >= 15 is 0 Å². The number of carbonyl (C=O) groups is 2. The first-order chi connectivity index (χ1) is 22.4. The fraction of sp³-hybridized carbons (Fsp3) is 0.600. The molecule has 3 N–H and O–H groups in total. The van der Waals surface area contributed by atoms with Crippen molar-refractivity contribution in [2.45, 2.75) is 101 Å². The number of amides is 2. The van der Waals surface area contributed by atoms with Crippen LogP contribution in [-0.4, -0.2) is 51.4 Å². The number of nitrogens with one attached hydrogen (secondary N) is 1. The quantitative estimate of drug-likeness (QED) is 0.306. The molecular formula is C35H40F3N5O4. The molecule has 1 saturated heterocycles. The highest BCUT2D eigenvalue weighted by Gasteiger charge is 2.99. The van der Waals surface area contributed by atoms with E-state index in [0.29, 0.717) is 42.8 Å². The minimum absolute atomic E-state index is 0.0134. The minimum Gasteiger partial charge on any atom is -0.489 e. The second kappa shape index (κ2) is 10.4. The van der Waals surface area contributed by atoms with Gasteiger partial charge in [0, 0.05) is 29.5 Å². The first kappa shape index (κ1) is 30.7. The zero-order valence-corrected chi connectivity index (χ0v) is 26.7. The van der Waals surface area contributed by atoms with Gasteiger partial charge in [-0.25, -0.2) is 9.97 Å². The smallest absolute Gasteiger partial charge is 0.433 e. The molecule has 8 rings (SSSR count). The Morgan fingerprint density at radius 1 is 1.02 bits per heavy atom. The molecule has 0 bridgehead atoms. The van der Waals surface area contributed by atoms with Crippen LogP contribution in [0.2, 0.25) is 0 Å². The second-order valence-corrected chi connectivity index (χ2v) is 14.5. The summed E-state index contributed by atoms with van der Waals surface area (Å²) in [6.07, 6.45) is 3.80. The highest BCUT2D eigenvalue weighted by Crippen LogP contribution is 2.97. The molecule has 2 aromatic heterocycles. The number of pyridine rings is 1. The Balaban J connectivity index is 1.21. The highest BCUT2D eigenvalue weighted by atomic mass is 19.4. The van der Waals surface area contributed by atoms with E-state index in [0.717, 1.165) is 57.4 Å². The van der Waals surface area contributed by atoms with Gasteiger partial charge in [0.25, 0.3) is 5.91 Å². The van der Waals surface area contributed by atoms with Crippen molar-refractivity contribution < 1.29 is 31.9 Å². The fourth-order valence-electron chi connectivity index (χ4n) is 9.14. The van der Waals surface area contributed by atoms with Crippen LogP contribution in [0.5, 0.6) is 5.75 Å². The Morgan fingerprint density at radius 3 is 2.36 bits per heavy atom. The van der Waals surface area contributed by atoms with Crippen LogP contribution in [0.3, 0.4) is 0 Å². The van der Waals surface area contributed by atoms with Gasteiger partial charge in [-0.3, -0.25) is 9.59 Å². The van der Waals surface area contributed by atoms with Crippen LogP contribution in [0.15, 0.2) is 28.7 Å². The lowest BCUT2D eigenvalue weighted by Crippen LogP contribution is -2.61.